The van der Waals surface area contributed by atoms with Gasteiger partial charge in [-0.3, -0.25) is 0 Å². The summed E-state index contributed by atoms with van der Waals surface area (Å²) < 4.78 is 69.7. The number of halogens is 4. The Kier molecular flexibility index (Phi) is 5.71. The van der Waals surface area contributed by atoms with Crippen LogP contribution in [-0.4, -0.2) is 41.4 Å². The van der Waals surface area contributed by atoms with Crippen LogP contribution >= 0.6 is 11.6 Å². The molecule has 0 aliphatic carbocycles. The third-order valence-corrected chi connectivity index (χ3v) is 7.20. The van der Waals surface area contributed by atoms with Crippen molar-refractivity contribution in [2.75, 3.05) is 18.4 Å². The Morgan fingerprint density at radius 3 is 2.45 bits per heavy atom. The molecule has 1 N–H and O–H groups in total. The lowest BCUT2D eigenvalue weighted by molar-refractivity contribution is 0.468. The second-order valence-corrected chi connectivity index (χ2v) is 9.65. The Morgan fingerprint density at radius 2 is 1.84 bits per heavy atom. The summed E-state index contributed by atoms with van der Waals surface area (Å²) in [6.07, 6.45) is 2.79. The van der Waals surface area contributed by atoms with Crippen molar-refractivity contribution in [3.05, 3.63) is 77.0 Å². The van der Waals surface area contributed by atoms with Crippen LogP contribution in [0.3, 0.4) is 0 Å². The molecule has 0 saturated carbocycles. The number of imidazole rings is 1. The van der Waals surface area contributed by atoms with E-state index in [0.29, 0.717) is 5.56 Å². The first-order valence-corrected chi connectivity index (χ1v) is 11.1. The van der Waals surface area contributed by atoms with Crippen molar-refractivity contribution < 1.29 is 21.6 Å². The van der Waals surface area contributed by atoms with E-state index in [1.807, 2.05) is 0 Å². The fourth-order valence-corrected chi connectivity index (χ4v) is 5.33. The van der Waals surface area contributed by atoms with Crippen molar-refractivity contribution >= 4 is 27.3 Å². The molecule has 0 amide bonds. The van der Waals surface area contributed by atoms with E-state index in [9.17, 15) is 21.6 Å². The van der Waals surface area contributed by atoms with E-state index in [1.165, 1.54) is 39.6 Å². The van der Waals surface area contributed by atoms with E-state index < -0.39 is 38.5 Å². The second-order valence-electron chi connectivity index (χ2n) is 7.36. The molecule has 4 rings (SSSR count). The highest BCUT2D eigenvalue weighted by atomic mass is 35.5. The van der Waals surface area contributed by atoms with Crippen molar-refractivity contribution in [3.63, 3.8) is 0 Å². The number of benzene rings is 2. The lowest BCUT2D eigenvalue weighted by atomic mass is 9.94. The van der Waals surface area contributed by atoms with E-state index in [0.717, 1.165) is 6.07 Å². The number of aryl methyl sites for hydroxylation is 1. The number of nitrogens with one attached hydrogen (secondary N) is 1. The van der Waals surface area contributed by atoms with Gasteiger partial charge in [0.2, 0.25) is 0 Å². The van der Waals surface area contributed by atoms with Crippen LogP contribution in [0.2, 0.25) is 5.02 Å². The van der Waals surface area contributed by atoms with E-state index in [-0.39, 0.29) is 29.7 Å². The quantitative estimate of drug-likeness (QED) is 0.577. The van der Waals surface area contributed by atoms with Gasteiger partial charge in [-0.05, 0) is 23.8 Å². The Labute approximate surface area is 182 Å². The first-order chi connectivity index (χ1) is 14.6. The molecule has 0 radical (unpaired) electrons. The maximum Gasteiger partial charge on any atom is 0.262 e. The largest absolute Gasteiger partial charge is 0.380 e. The van der Waals surface area contributed by atoms with Gasteiger partial charge in [-0.25, -0.2) is 26.6 Å². The van der Waals surface area contributed by atoms with Crippen LogP contribution < -0.4 is 5.32 Å². The smallest absolute Gasteiger partial charge is 0.262 e. The van der Waals surface area contributed by atoms with Gasteiger partial charge in [-0.2, -0.15) is 4.31 Å². The standard InChI is InChI=1S/C20H18ClF3N4O2S/c1-27-10-19(25-11-27)31(29,30)28-8-15(12-2-4-13(22)5-3-12)18(9-28)26-14-6-16(21)20(24)17(23)7-14/h2-7,10-11,15,18,26H,8-9H2,1H3/t15-,18+/m1/s1. The highest BCUT2D eigenvalue weighted by Gasteiger charge is 2.41. The zero-order valence-electron chi connectivity index (χ0n) is 16.3. The molecule has 2 aromatic carbocycles. The number of hydrogen-bond acceptors (Lipinski definition) is 4. The van der Waals surface area contributed by atoms with Crippen LogP contribution in [0.15, 0.2) is 53.9 Å². The Hall–Kier alpha value is -2.56. The molecule has 0 unspecified atom stereocenters. The predicted octanol–water partition coefficient (Wildman–Crippen LogP) is 3.76. The molecule has 31 heavy (non-hydrogen) atoms. The van der Waals surface area contributed by atoms with Crippen LogP contribution in [0.5, 0.6) is 0 Å². The van der Waals surface area contributed by atoms with Gasteiger partial charge < -0.3 is 9.88 Å². The molecule has 0 spiro atoms. The molecule has 6 nitrogen and oxygen atoms in total. The first kappa shape index (κ1) is 21.7. The highest BCUT2D eigenvalue weighted by molar-refractivity contribution is 7.89. The van der Waals surface area contributed by atoms with Gasteiger partial charge >= 0.3 is 0 Å². The van der Waals surface area contributed by atoms with Gasteiger partial charge in [0, 0.05) is 50.0 Å². The average Bonchev–Trinajstić information content (AvgIpc) is 3.34. The van der Waals surface area contributed by atoms with Gasteiger partial charge in [-0.1, -0.05) is 23.7 Å². The molecular weight excluding hydrogens is 453 g/mol. The number of sulfonamides is 1. The SMILES string of the molecule is Cn1cnc(S(=O)(=O)N2C[C@H](Nc3cc(F)c(F)c(Cl)c3)[C@@H](c3ccc(F)cc3)C2)c1. The summed E-state index contributed by atoms with van der Waals surface area (Å²) in [4.78, 5) is 3.94. The van der Waals surface area contributed by atoms with Crippen LogP contribution in [0, 0.1) is 17.5 Å². The Morgan fingerprint density at radius 1 is 1.13 bits per heavy atom. The van der Waals surface area contributed by atoms with E-state index in [1.54, 1.807) is 19.2 Å². The molecule has 1 aliphatic heterocycles. The van der Waals surface area contributed by atoms with Crippen LogP contribution in [0.25, 0.3) is 0 Å². The van der Waals surface area contributed by atoms with E-state index in [2.05, 4.69) is 10.3 Å². The molecule has 0 bridgehead atoms. The number of hydrogen-bond donors (Lipinski definition) is 1. The molecule has 2 atom stereocenters. The summed E-state index contributed by atoms with van der Waals surface area (Å²) in [5.41, 5.74) is 0.907. The predicted molar refractivity (Wildman–Crippen MR) is 110 cm³/mol. The number of rotatable bonds is 5. The minimum absolute atomic E-state index is 0.0393. The maximum absolute atomic E-state index is 13.8. The van der Waals surface area contributed by atoms with Gasteiger partial charge in [-0.15, -0.1) is 0 Å². The average molecular weight is 471 g/mol. The summed E-state index contributed by atoms with van der Waals surface area (Å²) in [7, 11) is -2.23. The molecule has 11 heteroatoms. The summed E-state index contributed by atoms with van der Waals surface area (Å²) in [6.45, 7) is 0.136. The topological polar surface area (TPSA) is 67.2 Å². The number of aromatic nitrogens is 2. The van der Waals surface area contributed by atoms with Gasteiger partial charge in [0.1, 0.15) is 5.82 Å². The molecule has 1 saturated heterocycles. The highest BCUT2D eigenvalue weighted by Crippen LogP contribution is 2.34. The van der Waals surface area contributed by atoms with Crippen molar-refractivity contribution in [1.82, 2.24) is 13.9 Å². The van der Waals surface area contributed by atoms with Crippen molar-refractivity contribution in [2.24, 2.45) is 7.05 Å². The Bertz CT molecular complexity index is 1190. The maximum atomic E-state index is 13.8. The second kappa shape index (κ2) is 8.18. The van der Waals surface area contributed by atoms with E-state index in [4.69, 9.17) is 11.6 Å². The third-order valence-electron chi connectivity index (χ3n) is 5.21. The van der Waals surface area contributed by atoms with Gasteiger partial charge in [0.25, 0.3) is 10.0 Å². The third kappa shape index (κ3) is 4.28. The van der Waals surface area contributed by atoms with Gasteiger partial charge in [0.05, 0.1) is 11.3 Å². The van der Waals surface area contributed by atoms with Crippen molar-refractivity contribution in [2.45, 2.75) is 17.0 Å². The zero-order valence-corrected chi connectivity index (χ0v) is 17.8. The molecule has 1 aromatic heterocycles. The fourth-order valence-electron chi connectivity index (χ4n) is 3.67. The summed E-state index contributed by atoms with van der Waals surface area (Å²) >= 11 is 5.75. The lowest BCUT2D eigenvalue weighted by Gasteiger charge is -2.21. The zero-order chi connectivity index (χ0) is 22.3. The number of anilines is 1. The summed E-state index contributed by atoms with van der Waals surface area (Å²) in [6, 6.07) is 7.40. The van der Waals surface area contributed by atoms with Crippen molar-refractivity contribution in [1.29, 1.82) is 0 Å². The molecule has 1 aliphatic rings. The summed E-state index contributed by atoms with van der Waals surface area (Å²) in [5, 5.41) is 2.57. The van der Waals surface area contributed by atoms with Crippen LogP contribution in [0.4, 0.5) is 18.9 Å². The molecule has 1 fully saturated rings. The van der Waals surface area contributed by atoms with Crippen LogP contribution in [-0.2, 0) is 17.1 Å². The Balaban J connectivity index is 1.68. The normalized spacial score (nSPS) is 19.6. The minimum Gasteiger partial charge on any atom is -0.380 e. The van der Waals surface area contributed by atoms with E-state index >= 15 is 0 Å². The fraction of sp³-hybridized carbons (Fsp3) is 0.250. The number of nitrogens with zero attached hydrogens (tertiary/aromatic N) is 3. The summed E-state index contributed by atoms with van der Waals surface area (Å²) in [5.74, 6) is -3.08. The molecular formula is C20H18ClF3N4O2S. The van der Waals surface area contributed by atoms with Gasteiger partial charge in [0.15, 0.2) is 16.7 Å². The lowest BCUT2D eigenvalue weighted by Crippen LogP contribution is -2.32. The molecule has 3 aromatic rings. The molecule has 2 heterocycles. The monoisotopic (exact) mass is 470 g/mol. The van der Waals surface area contributed by atoms with Crippen LogP contribution in [0.1, 0.15) is 11.5 Å². The first-order valence-electron chi connectivity index (χ1n) is 9.30. The minimum atomic E-state index is -3.89. The molecule has 164 valence electrons. The van der Waals surface area contributed by atoms with Crippen molar-refractivity contribution in [3.8, 4) is 0 Å².